The number of ether oxygens (including phenoxy) is 1. The lowest BCUT2D eigenvalue weighted by Crippen LogP contribution is -2.07. The van der Waals surface area contributed by atoms with Crippen molar-refractivity contribution in [3.63, 3.8) is 0 Å². The summed E-state index contributed by atoms with van der Waals surface area (Å²) in [5.41, 5.74) is 3.18. The van der Waals surface area contributed by atoms with Crippen LogP contribution < -0.4 is 0 Å². The number of nitrogens with one attached hydrogen (secondary N) is 1. The molecule has 0 bridgehead atoms. The van der Waals surface area contributed by atoms with Gasteiger partial charge in [-0.15, -0.1) is 0 Å². The number of aromatic nitrogens is 1. The molecule has 21 heavy (non-hydrogen) atoms. The van der Waals surface area contributed by atoms with E-state index in [1.54, 1.807) is 38.2 Å². The van der Waals surface area contributed by atoms with E-state index >= 15 is 0 Å². The van der Waals surface area contributed by atoms with Crippen LogP contribution in [0, 0.1) is 13.8 Å². The van der Waals surface area contributed by atoms with E-state index in [0.29, 0.717) is 29.1 Å². The van der Waals surface area contributed by atoms with Crippen LogP contribution in [-0.2, 0) is 4.74 Å². The summed E-state index contributed by atoms with van der Waals surface area (Å²) >= 11 is 1.58. The van der Waals surface area contributed by atoms with Gasteiger partial charge >= 0.3 is 5.97 Å². The largest absolute Gasteiger partial charge is 0.461 e. The van der Waals surface area contributed by atoms with Gasteiger partial charge in [-0.2, -0.15) is 11.3 Å². The number of rotatable bonds is 5. The van der Waals surface area contributed by atoms with Gasteiger partial charge in [0.05, 0.1) is 6.61 Å². The number of hydrogen-bond acceptors (Lipinski definition) is 4. The highest BCUT2D eigenvalue weighted by molar-refractivity contribution is 7.08. The first-order valence-corrected chi connectivity index (χ1v) is 7.59. The summed E-state index contributed by atoms with van der Waals surface area (Å²) in [7, 11) is 0. The molecule has 2 heterocycles. The normalized spacial score (nSPS) is 11.0. The van der Waals surface area contributed by atoms with Gasteiger partial charge in [0, 0.05) is 11.3 Å². The summed E-state index contributed by atoms with van der Waals surface area (Å²) < 4.78 is 4.98. The highest BCUT2D eigenvalue weighted by Gasteiger charge is 2.21. The topological polar surface area (TPSA) is 59.2 Å². The zero-order chi connectivity index (χ0) is 15.4. The van der Waals surface area contributed by atoms with Crippen LogP contribution in [0.4, 0.5) is 0 Å². The molecule has 5 heteroatoms. The van der Waals surface area contributed by atoms with Crippen molar-refractivity contribution in [2.75, 3.05) is 6.61 Å². The van der Waals surface area contributed by atoms with Crippen LogP contribution in [0.15, 0.2) is 22.9 Å². The molecule has 0 saturated heterocycles. The second-order valence-corrected chi connectivity index (χ2v) is 5.38. The number of carbonyl (C=O) groups excluding carboxylic acids is 2. The molecule has 0 unspecified atom stereocenters. The second kappa shape index (κ2) is 6.54. The maximum absolute atomic E-state index is 12.3. The van der Waals surface area contributed by atoms with E-state index in [1.165, 1.54) is 6.08 Å². The Kier molecular flexibility index (Phi) is 4.75. The lowest BCUT2D eigenvalue weighted by molar-refractivity contribution is 0.0519. The van der Waals surface area contributed by atoms with Crippen molar-refractivity contribution in [1.82, 2.24) is 4.98 Å². The Balaban J connectivity index is 2.27. The van der Waals surface area contributed by atoms with Gasteiger partial charge in [-0.05, 0) is 54.8 Å². The molecular formula is C16H17NO3S. The molecule has 0 saturated carbocycles. The summed E-state index contributed by atoms with van der Waals surface area (Å²) in [6, 6.07) is 1.94. The first kappa shape index (κ1) is 15.3. The van der Waals surface area contributed by atoms with Gasteiger partial charge < -0.3 is 9.72 Å². The number of H-pyrrole nitrogens is 1. The smallest absolute Gasteiger partial charge is 0.355 e. The fourth-order valence-electron chi connectivity index (χ4n) is 2.15. The van der Waals surface area contributed by atoms with Crippen LogP contribution in [0.2, 0.25) is 0 Å². The van der Waals surface area contributed by atoms with Crippen molar-refractivity contribution in [3.05, 3.63) is 51.0 Å². The second-order valence-electron chi connectivity index (χ2n) is 4.60. The van der Waals surface area contributed by atoms with Gasteiger partial charge in [-0.25, -0.2) is 4.79 Å². The fourth-order valence-corrected chi connectivity index (χ4v) is 2.78. The molecule has 0 aliphatic carbocycles. The van der Waals surface area contributed by atoms with E-state index in [-0.39, 0.29) is 5.78 Å². The van der Waals surface area contributed by atoms with Crippen LogP contribution in [0.25, 0.3) is 6.08 Å². The Labute approximate surface area is 127 Å². The third kappa shape index (κ3) is 3.31. The average Bonchev–Trinajstić information content (AvgIpc) is 3.05. The number of allylic oxidation sites excluding steroid dienone is 1. The number of aromatic amines is 1. The summed E-state index contributed by atoms with van der Waals surface area (Å²) in [5.74, 6) is -0.554. The number of hydrogen-bond donors (Lipinski definition) is 1. The van der Waals surface area contributed by atoms with Gasteiger partial charge in [-0.1, -0.05) is 6.08 Å². The van der Waals surface area contributed by atoms with Crippen molar-refractivity contribution in [2.24, 2.45) is 0 Å². The molecule has 2 aromatic heterocycles. The van der Waals surface area contributed by atoms with Crippen LogP contribution in [0.1, 0.15) is 44.6 Å². The molecule has 0 spiro atoms. The predicted molar refractivity (Wildman–Crippen MR) is 83.9 cm³/mol. The molecule has 0 aliphatic rings. The monoisotopic (exact) mass is 303 g/mol. The Morgan fingerprint density at radius 1 is 1.38 bits per heavy atom. The molecule has 2 rings (SSSR count). The lowest BCUT2D eigenvalue weighted by Gasteiger charge is -2.00. The minimum Gasteiger partial charge on any atom is -0.461 e. The molecule has 1 N–H and O–H groups in total. The van der Waals surface area contributed by atoms with E-state index in [9.17, 15) is 9.59 Å². The standard InChI is InChI=1S/C16H17NO3S/c1-4-20-16(19)15-10(2)14(11(3)17-15)13(18)6-5-12-7-8-21-9-12/h5-9,17H,4H2,1-3H3/b6-5+. The number of thiophene rings is 1. The SMILES string of the molecule is CCOC(=O)c1[nH]c(C)c(C(=O)/C=C/c2ccsc2)c1C. The molecule has 4 nitrogen and oxygen atoms in total. The molecule has 0 amide bonds. The highest BCUT2D eigenvalue weighted by atomic mass is 32.1. The van der Waals surface area contributed by atoms with Gasteiger partial charge in [0.15, 0.2) is 5.78 Å². The van der Waals surface area contributed by atoms with Crippen molar-refractivity contribution >= 4 is 29.2 Å². The van der Waals surface area contributed by atoms with Gasteiger partial charge in [0.1, 0.15) is 5.69 Å². The fraction of sp³-hybridized carbons (Fsp3) is 0.250. The molecule has 0 atom stereocenters. The zero-order valence-electron chi connectivity index (χ0n) is 12.2. The third-order valence-corrected chi connectivity index (χ3v) is 3.84. The van der Waals surface area contributed by atoms with Crippen LogP contribution in [-0.4, -0.2) is 23.3 Å². The van der Waals surface area contributed by atoms with Crippen LogP contribution >= 0.6 is 11.3 Å². The van der Waals surface area contributed by atoms with Crippen molar-refractivity contribution in [2.45, 2.75) is 20.8 Å². The average molecular weight is 303 g/mol. The molecule has 110 valence electrons. The van der Waals surface area contributed by atoms with Crippen molar-refractivity contribution in [1.29, 1.82) is 0 Å². The van der Waals surface area contributed by atoms with Gasteiger partial charge in [-0.3, -0.25) is 4.79 Å². The number of ketones is 1. The van der Waals surface area contributed by atoms with E-state index in [2.05, 4.69) is 4.98 Å². The number of esters is 1. The zero-order valence-corrected chi connectivity index (χ0v) is 13.0. The first-order valence-electron chi connectivity index (χ1n) is 6.65. The Bertz CT molecular complexity index is 681. The van der Waals surface area contributed by atoms with Crippen LogP contribution in [0.5, 0.6) is 0 Å². The highest BCUT2D eigenvalue weighted by Crippen LogP contribution is 2.20. The van der Waals surface area contributed by atoms with Crippen molar-refractivity contribution in [3.8, 4) is 0 Å². The minimum atomic E-state index is -0.432. The Morgan fingerprint density at radius 3 is 2.76 bits per heavy atom. The summed E-state index contributed by atoms with van der Waals surface area (Å²) in [4.78, 5) is 27.1. The third-order valence-electron chi connectivity index (χ3n) is 3.13. The maximum Gasteiger partial charge on any atom is 0.355 e. The lowest BCUT2D eigenvalue weighted by atomic mass is 10.0. The first-order chi connectivity index (χ1) is 10.0. The number of carbonyl (C=O) groups is 2. The molecule has 0 fully saturated rings. The van der Waals surface area contributed by atoms with E-state index in [4.69, 9.17) is 4.74 Å². The van der Waals surface area contributed by atoms with Gasteiger partial charge in [0.2, 0.25) is 0 Å². The summed E-state index contributed by atoms with van der Waals surface area (Å²) in [6.07, 6.45) is 3.30. The molecule has 2 aromatic rings. The summed E-state index contributed by atoms with van der Waals surface area (Å²) in [5, 5.41) is 3.92. The molecule has 0 aromatic carbocycles. The molecule has 0 radical (unpaired) electrons. The Hall–Kier alpha value is -2.14. The number of aryl methyl sites for hydroxylation is 1. The maximum atomic E-state index is 12.3. The summed E-state index contributed by atoms with van der Waals surface area (Å²) in [6.45, 7) is 5.58. The predicted octanol–water partition coefficient (Wildman–Crippen LogP) is 3.77. The quantitative estimate of drug-likeness (QED) is 0.519. The van der Waals surface area contributed by atoms with E-state index in [1.807, 2.05) is 16.8 Å². The van der Waals surface area contributed by atoms with E-state index in [0.717, 1.165) is 5.56 Å². The van der Waals surface area contributed by atoms with Crippen molar-refractivity contribution < 1.29 is 14.3 Å². The van der Waals surface area contributed by atoms with Gasteiger partial charge in [0.25, 0.3) is 0 Å². The molecule has 0 aliphatic heterocycles. The minimum absolute atomic E-state index is 0.122. The molecular weight excluding hydrogens is 286 g/mol. The van der Waals surface area contributed by atoms with Crippen LogP contribution in [0.3, 0.4) is 0 Å². The van der Waals surface area contributed by atoms with E-state index < -0.39 is 5.97 Å². The Morgan fingerprint density at radius 2 is 2.14 bits per heavy atom.